The van der Waals surface area contributed by atoms with Gasteiger partial charge in [0.1, 0.15) is 11.5 Å². The summed E-state index contributed by atoms with van der Waals surface area (Å²) < 4.78 is 32.3. The summed E-state index contributed by atoms with van der Waals surface area (Å²) in [5.41, 5.74) is -0.786. The van der Waals surface area contributed by atoms with Crippen LogP contribution < -0.4 is 19.5 Å². The third-order valence-corrected chi connectivity index (χ3v) is 3.65. The Morgan fingerprint density at radius 2 is 1.92 bits per heavy atom. The van der Waals surface area contributed by atoms with Gasteiger partial charge < -0.3 is 4.74 Å². The van der Waals surface area contributed by atoms with Crippen LogP contribution in [0.2, 0.25) is 0 Å². The number of benzene rings is 1. The second-order valence-corrected chi connectivity index (χ2v) is 6.04. The minimum absolute atomic E-state index is 0.0753. The van der Waals surface area contributed by atoms with Gasteiger partial charge >= 0.3 is 22.3 Å². The number of carbonyl (C=O) groups is 1. The minimum Gasteiger partial charge on any atom is -0.467 e. The number of nitro benzene ring substituents is 1. The number of nitrogens with one attached hydrogen (secondary N) is 3. The molecule has 0 aliphatic heterocycles. The third kappa shape index (κ3) is 4.97. The van der Waals surface area contributed by atoms with Crippen molar-refractivity contribution in [2.75, 3.05) is 17.1 Å². The number of carbonyl (C=O) groups excluding carboxylic acids is 1. The largest absolute Gasteiger partial charge is 0.467 e. The Morgan fingerprint density at radius 1 is 1.23 bits per heavy atom. The molecule has 0 unspecified atom stereocenters. The summed E-state index contributed by atoms with van der Waals surface area (Å²) in [6.07, 6.45) is 0. The van der Waals surface area contributed by atoms with Crippen LogP contribution in [0.4, 0.5) is 22.1 Å². The molecule has 1 aromatic heterocycles. The van der Waals surface area contributed by atoms with Gasteiger partial charge in [0.15, 0.2) is 0 Å². The van der Waals surface area contributed by atoms with E-state index < -0.39 is 26.9 Å². The average Bonchev–Trinajstić information content (AvgIpc) is 2.53. The van der Waals surface area contributed by atoms with Gasteiger partial charge in [0, 0.05) is 6.07 Å². The highest BCUT2D eigenvalue weighted by atomic mass is 32.2. The molecule has 0 radical (unpaired) electrons. The van der Waals surface area contributed by atoms with Crippen LogP contribution in [0.5, 0.6) is 6.01 Å². The smallest absolute Gasteiger partial charge is 0.336 e. The van der Waals surface area contributed by atoms with Crippen molar-refractivity contribution in [1.29, 1.82) is 0 Å². The number of aromatic nitrogens is 3. The molecule has 138 valence electrons. The number of rotatable bonds is 6. The van der Waals surface area contributed by atoms with Crippen LogP contribution in [0.3, 0.4) is 0 Å². The van der Waals surface area contributed by atoms with Gasteiger partial charge in [-0.3, -0.25) is 20.2 Å². The molecule has 2 amide bonds. The average molecular weight is 383 g/mol. The molecule has 1 heterocycles. The fraction of sp³-hybridized carbons (Fsp3) is 0.167. The van der Waals surface area contributed by atoms with Crippen molar-refractivity contribution < 1.29 is 22.9 Å². The number of nitro groups is 1. The van der Waals surface area contributed by atoms with E-state index in [1.807, 2.05) is 4.72 Å². The summed E-state index contributed by atoms with van der Waals surface area (Å²) >= 11 is 0. The summed E-state index contributed by atoms with van der Waals surface area (Å²) in [7, 11) is -3.15. The third-order valence-electron chi connectivity index (χ3n) is 2.71. The second-order valence-electron chi connectivity index (χ2n) is 4.63. The van der Waals surface area contributed by atoms with E-state index in [1.54, 1.807) is 4.72 Å². The molecule has 0 saturated carbocycles. The van der Waals surface area contributed by atoms with Crippen molar-refractivity contribution in [2.24, 2.45) is 0 Å². The van der Waals surface area contributed by atoms with E-state index in [0.717, 1.165) is 6.07 Å². The summed E-state index contributed by atoms with van der Waals surface area (Å²) in [6, 6.07) is 3.78. The van der Waals surface area contributed by atoms with Crippen LogP contribution in [0.25, 0.3) is 0 Å². The highest BCUT2D eigenvalue weighted by Gasteiger charge is 2.21. The molecule has 0 bridgehead atoms. The lowest BCUT2D eigenvalue weighted by Crippen LogP contribution is -2.38. The molecular formula is C12H13N7O6S. The number of amides is 2. The van der Waals surface area contributed by atoms with Gasteiger partial charge in [0.2, 0.25) is 5.95 Å². The second kappa shape index (κ2) is 7.56. The lowest BCUT2D eigenvalue weighted by Gasteiger charge is -2.10. The van der Waals surface area contributed by atoms with Gasteiger partial charge in [-0.2, -0.15) is 23.4 Å². The molecule has 13 nitrogen and oxygen atoms in total. The molecule has 14 heteroatoms. The summed E-state index contributed by atoms with van der Waals surface area (Å²) in [5, 5.41) is 13.0. The number of methoxy groups -OCH3 is 1. The number of urea groups is 1. The maximum Gasteiger partial charge on any atom is 0.336 e. The minimum atomic E-state index is -4.45. The number of ether oxygens (including phenoxy) is 1. The summed E-state index contributed by atoms with van der Waals surface area (Å²) in [6.45, 7) is 1.51. The highest BCUT2D eigenvalue weighted by Crippen LogP contribution is 2.23. The number of nitrogens with zero attached hydrogens (tertiary/aromatic N) is 4. The molecule has 0 spiro atoms. The van der Waals surface area contributed by atoms with Gasteiger partial charge in [-0.25, -0.2) is 9.52 Å². The van der Waals surface area contributed by atoms with Gasteiger partial charge in [-0.05, 0) is 13.0 Å². The molecule has 2 rings (SSSR count). The van der Waals surface area contributed by atoms with E-state index in [1.165, 1.54) is 32.2 Å². The fourth-order valence-electron chi connectivity index (χ4n) is 1.74. The first-order chi connectivity index (χ1) is 12.2. The molecule has 0 fully saturated rings. The van der Waals surface area contributed by atoms with Crippen molar-refractivity contribution in [3.05, 3.63) is 40.2 Å². The number of anilines is 2. The quantitative estimate of drug-likeness (QED) is 0.475. The first-order valence-electron chi connectivity index (χ1n) is 6.82. The Hall–Kier alpha value is -3.55. The lowest BCUT2D eigenvalue weighted by atomic mass is 10.3. The Bertz CT molecular complexity index is 949. The highest BCUT2D eigenvalue weighted by molar-refractivity contribution is 7.91. The van der Waals surface area contributed by atoms with Crippen molar-refractivity contribution in [1.82, 2.24) is 19.7 Å². The van der Waals surface area contributed by atoms with Gasteiger partial charge in [-0.15, -0.1) is 0 Å². The Morgan fingerprint density at radius 3 is 2.58 bits per heavy atom. The number of hydrogen-bond donors (Lipinski definition) is 3. The molecule has 26 heavy (non-hydrogen) atoms. The zero-order valence-electron chi connectivity index (χ0n) is 13.5. The van der Waals surface area contributed by atoms with Crippen LogP contribution in [0, 0.1) is 17.0 Å². The van der Waals surface area contributed by atoms with Crippen molar-refractivity contribution in [3.8, 4) is 6.01 Å². The summed E-state index contributed by atoms with van der Waals surface area (Å²) in [4.78, 5) is 33.3. The van der Waals surface area contributed by atoms with Crippen molar-refractivity contribution in [3.63, 3.8) is 0 Å². The van der Waals surface area contributed by atoms with Crippen molar-refractivity contribution in [2.45, 2.75) is 6.92 Å². The summed E-state index contributed by atoms with van der Waals surface area (Å²) in [5.74, 6) is -0.0132. The van der Waals surface area contributed by atoms with Crippen LogP contribution in [-0.2, 0) is 10.2 Å². The Balaban J connectivity index is 2.11. The Kier molecular flexibility index (Phi) is 5.46. The topological polar surface area (TPSA) is 178 Å². The first-order valence-corrected chi connectivity index (χ1v) is 8.30. The predicted molar refractivity (Wildman–Crippen MR) is 88.9 cm³/mol. The first kappa shape index (κ1) is 18.8. The zero-order valence-corrected chi connectivity index (χ0v) is 14.3. The lowest BCUT2D eigenvalue weighted by molar-refractivity contribution is -0.383. The normalized spacial score (nSPS) is 10.7. The van der Waals surface area contributed by atoms with E-state index >= 15 is 0 Å². The maximum atomic E-state index is 12.0. The molecule has 0 saturated heterocycles. The number of hydrogen-bond acceptors (Lipinski definition) is 9. The number of aryl methyl sites for hydroxylation is 1. The molecule has 1 aromatic carbocycles. The predicted octanol–water partition coefficient (Wildman–Crippen LogP) is 0.575. The molecule has 0 aliphatic rings. The van der Waals surface area contributed by atoms with Gasteiger partial charge in [0.25, 0.3) is 5.69 Å². The van der Waals surface area contributed by atoms with Gasteiger partial charge in [-0.1, -0.05) is 12.1 Å². The SMILES string of the molecule is COc1nc(C)nc(NC(=O)NS(=O)(=O)Nc2ccccc2[N+](=O)[O-])n1. The van der Waals surface area contributed by atoms with E-state index in [0.29, 0.717) is 0 Å². The van der Waals surface area contributed by atoms with Crippen molar-refractivity contribution >= 4 is 33.6 Å². The Labute approximate surface area is 147 Å². The molecule has 2 aromatic rings. The van der Waals surface area contributed by atoms with Crippen LogP contribution in [0.1, 0.15) is 5.82 Å². The van der Waals surface area contributed by atoms with E-state index in [9.17, 15) is 23.3 Å². The molecule has 0 atom stereocenters. The maximum absolute atomic E-state index is 12.0. The fourth-order valence-corrected chi connectivity index (χ4v) is 2.55. The standard InChI is InChI=1S/C12H13N7O6S/c1-7-13-10(16-12(14-7)25-2)15-11(20)18-26(23,24)17-8-5-3-4-6-9(8)19(21)22/h3-6,17H,1-2H3,(H2,13,14,15,16,18,20). The van der Waals surface area contributed by atoms with E-state index in [2.05, 4.69) is 20.3 Å². The molecule has 0 aliphatic carbocycles. The zero-order chi connectivity index (χ0) is 19.3. The van der Waals surface area contributed by atoms with Crippen LogP contribution >= 0.6 is 0 Å². The van der Waals surface area contributed by atoms with Crippen LogP contribution in [-0.4, -0.2) is 41.4 Å². The van der Waals surface area contributed by atoms with E-state index in [4.69, 9.17) is 4.74 Å². The monoisotopic (exact) mass is 383 g/mol. The van der Waals surface area contributed by atoms with Gasteiger partial charge in [0.05, 0.1) is 12.0 Å². The van der Waals surface area contributed by atoms with E-state index in [-0.39, 0.29) is 23.5 Å². The molecular weight excluding hydrogens is 370 g/mol. The number of para-hydroxylation sites is 2. The van der Waals surface area contributed by atoms with Crippen LogP contribution in [0.15, 0.2) is 24.3 Å². The molecule has 3 N–H and O–H groups in total.